The van der Waals surface area contributed by atoms with Crippen LogP contribution >= 0.6 is 0 Å². The summed E-state index contributed by atoms with van der Waals surface area (Å²) in [6, 6.07) is 3.91. The summed E-state index contributed by atoms with van der Waals surface area (Å²) in [6.07, 6.45) is 1.75. The van der Waals surface area contributed by atoms with Crippen molar-refractivity contribution in [2.45, 2.75) is 26.3 Å². The van der Waals surface area contributed by atoms with Crippen LogP contribution in [0.5, 0.6) is 5.88 Å². The number of piperidine rings is 1. The predicted molar refractivity (Wildman–Crippen MR) is 79.8 cm³/mol. The molecule has 2 unspecified atom stereocenters. The predicted octanol–water partition coefficient (Wildman–Crippen LogP) is 1.21. The van der Waals surface area contributed by atoms with E-state index in [2.05, 4.69) is 23.7 Å². The number of amides is 1. The van der Waals surface area contributed by atoms with Gasteiger partial charge in [0.15, 0.2) is 0 Å². The molecule has 21 heavy (non-hydrogen) atoms. The lowest BCUT2D eigenvalue weighted by Crippen LogP contribution is -2.48. The lowest BCUT2D eigenvalue weighted by atomic mass is 10.0. The Balaban J connectivity index is 1.57. The van der Waals surface area contributed by atoms with E-state index in [0.717, 1.165) is 18.7 Å². The van der Waals surface area contributed by atoms with Crippen molar-refractivity contribution in [3.63, 3.8) is 0 Å². The number of nitrogens with two attached hydrogens (primary N) is 1. The molecule has 0 aromatic carbocycles. The van der Waals surface area contributed by atoms with E-state index in [9.17, 15) is 4.79 Å². The molecule has 5 nitrogen and oxygen atoms in total. The number of pyridine rings is 1. The van der Waals surface area contributed by atoms with E-state index in [1.54, 1.807) is 6.20 Å². The van der Waals surface area contributed by atoms with Crippen molar-refractivity contribution < 1.29 is 9.53 Å². The number of rotatable bonds is 5. The number of hydrogen-bond donors (Lipinski definition) is 1. The van der Waals surface area contributed by atoms with Gasteiger partial charge in [-0.15, -0.1) is 0 Å². The average molecular weight is 289 g/mol. The molecule has 3 rings (SSSR count). The van der Waals surface area contributed by atoms with E-state index in [1.807, 2.05) is 19.1 Å². The third kappa shape index (κ3) is 2.62. The Labute approximate surface area is 125 Å². The topological polar surface area (TPSA) is 68.4 Å². The van der Waals surface area contributed by atoms with Crippen molar-refractivity contribution in [3.8, 4) is 5.88 Å². The molecule has 1 aromatic heterocycles. The van der Waals surface area contributed by atoms with Crippen LogP contribution in [0.1, 0.15) is 19.4 Å². The maximum Gasteiger partial charge on any atom is 0.221 e. The van der Waals surface area contributed by atoms with Gasteiger partial charge in [-0.2, -0.15) is 0 Å². The average Bonchev–Trinajstić information content (AvgIpc) is 2.94. The van der Waals surface area contributed by atoms with Crippen LogP contribution in [-0.2, 0) is 4.79 Å². The fraction of sp³-hybridized carbons (Fsp3) is 0.625. The number of ether oxygens (including phenoxy) is 1. The molecule has 1 aliphatic heterocycles. The molecule has 1 aromatic rings. The van der Waals surface area contributed by atoms with E-state index in [0.29, 0.717) is 24.3 Å². The molecular weight excluding hydrogens is 266 g/mol. The summed E-state index contributed by atoms with van der Waals surface area (Å²) in [4.78, 5) is 17.9. The first kappa shape index (κ1) is 14.3. The number of aromatic nitrogens is 1. The Bertz CT molecular complexity index is 546. The Hall–Kier alpha value is -1.62. The number of nitrogens with zero attached hydrogens (tertiary/aromatic N) is 2. The fourth-order valence-corrected chi connectivity index (χ4v) is 3.40. The van der Waals surface area contributed by atoms with Crippen LogP contribution in [-0.4, -0.2) is 41.0 Å². The van der Waals surface area contributed by atoms with Gasteiger partial charge in [0.1, 0.15) is 6.61 Å². The first-order valence-electron chi connectivity index (χ1n) is 7.49. The number of carbonyl (C=O) groups is 1. The first-order valence-corrected chi connectivity index (χ1v) is 7.49. The number of hydrogen-bond acceptors (Lipinski definition) is 4. The molecule has 2 N–H and O–H groups in total. The summed E-state index contributed by atoms with van der Waals surface area (Å²) >= 11 is 0. The van der Waals surface area contributed by atoms with E-state index in [4.69, 9.17) is 10.5 Å². The van der Waals surface area contributed by atoms with Gasteiger partial charge in [-0.25, -0.2) is 4.98 Å². The van der Waals surface area contributed by atoms with Gasteiger partial charge in [0.2, 0.25) is 11.8 Å². The van der Waals surface area contributed by atoms with Gasteiger partial charge in [0.25, 0.3) is 0 Å². The summed E-state index contributed by atoms with van der Waals surface area (Å²) in [5, 5.41) is 0. The zero-order valence-electron chi connectivity index (χ0n) is 12.9. The van der Waals surface area contributed by atoms with E-state index >= 15 is 0 Å². The number of carbonyl (C=O) groups excluding carboxylic acids is 1. The van der Waals surface area contributed by atoms with Gasteiger partial charge >= 0.3 is 0 Å². The van der Waals surface area contributed by atoms with Gasteiger partial charge in [-0.1, -0.05) is 6.07 Å². The first-order chi connectivity index (χ1) is 9.90. The molecule has 1 amide bonds. The standard InChI is InChI=1S/C16H23N3O2/c1-10-5-4-6-18-15(10)21-9-16(2,3)19-7-11-12(8-19)13(11)14(17)20/h4-6,11-13H,7-9H2,1-3H3,(H2,17,20). The highest BCUT2D eigenvalue weighted by Gasteiger charge is 2.60. The number of aryl methyl sites for hydroxylation is 1. The van der Waals surface area contributed by atoms with Crippen molar-refractivity contribution in [2.24, 2.45) is 23.5 Å². The van der Waals surface area contributed by atoms with E-state index in [1.165, 1.54) is 0 Å². The maximum atomic E-state index is 11.3. The SMILES string of the molecule is Cc1cccnc1OCC(C)(C)N1CC2C(C1)C2C(N)=O. The van der Waals surface area contributed by atoms with Crippen molar-refractivity contribution in [2.75, 3.05) is 19.7 Å². The molecule has 114 valence electrons. The summed E-state index contributed by atoms with van der Waals surface area (Å²) in [6.45, 7) is 8.82. The van der Waals surface area contributed by atoms with Crippen LogP contribution < -0.4 is 10.5 Å². The highest BCUT2D eigenvalue weighted by molar-refractivity contribution is 5.80. The molecular formula is C16H23N3O2. The van der Waals surface area contributed by atoms with Gasteiger partial charge in [-0.3, -0.25) is 9.69 Å². The second-order valence-electron chi connectivity index (χ2n) is 6.89. The Morgan fingerprint density at radius 1 is 1.48 bits per heavy atom. The Kier molecular flexibility index (Phi) is 3.40. The minimum atomic E-state index is -0.136. The third-order valence-corrected chi connectivity index (χ3v) is 4.90. The molecule has 5 heteroatoms. The molecule has 0 radical (unpaired) electrons. The molecule has 1 aliphatic carbocycles. The summed E-state index contributed by atoms with van der Waals surface area (Å²) < 4.78 is 5.89. The zero-order chi connectivity index (χ0) is 15.2. The van der Waals surface area contributed by atoms with Crippen LogP contribution in [0.3, 0.4) is 0 Å². The molecule has 2 fully saturated rings. The smallest absolute Gasteiger partial charge is 0.221 e. The van der Waals surface area contributed by atoms with Crippen LogP contribution in [0.2, 0.25) is 0 Å². The van der Waals surface area contributed by atoms with E-state index in [-0.39, 0.29) is 17.4 Å². The second kappa shape index (κ2) is 4.98. The number of primary amides is 1. The van der Waals surface area contributed by atoms with Crippen LogP contribution in [0.25, 0.3) is 0 Å². The van der Waals surface area contributed by atoms with Crippen LogP contribution in [0.15, 0.2) is 18.3 Å². The summed E-state index contributed by atoms with van der Waals surface area (Å²) in [5.41, 5.74) is 6.38. The van der Waals surface area contributed by atoms with Gasteiger partial charge in [-0.05, 0) is 38.7 Å². The highest BCUT2D eigenvalue weighted by Crippen LogP contribution is 2.52. The largest absolute Gasteiger partial charge is 0.476 e. The van der Waals surface area contributed by atoms with Crippen molar-refractivity contribution in [1.29, 1.82) is 0 Å². The number of fused-ring (bicyclic) bond motifs is 1. The molecule has 2 aliphatic rings. The monoisotopic (exact) mass is 289 g/mol. The third-order valence-electron chi connectivity index (χ3n) is 4.90. The highest BCUT2D eigenvalue weighted by atomic mass is 16.5. The minimum Gasteiger partial charge on any atom is -0.476 e. The lowest BCUT2D eigenvalue weighted by Gasteiger charge is -2.36. The van der Waals surface area contributed by atoms with E-state index < -0.39 is 0 Å². The minimum absolute atomic E-state index is 0.0699. The quantitative estimate of drug-likeness (QED) is 0.884. The molecule has 2 heterocycles. The summed E-state index contributed by atoms with van der Waals surface area (Å²) in [7, 11) is 0. The van der Waals surface area contributed by atoms with Crippen molar-refractivity contribution in [3.05, 3.63) is 23.9 Å². The molecule has 1 saturated carbocycles. The second-order valence-corrected chi connectivity index (χ2v) is 6.89. The maximum absolute atomic E-state index is 11.3. The van der Waals surface area contributed by atoms with Crippen molar-refractivity contribution >= 4 is 5.91 Å². The normalized spacial score (nSPS) is 28.2. The molecule has 2 atom stereocenters. The fourth-order valence-electron chi connectivity index (χ4n) is 3.40. The van der Waals surface area contributed by atoms with Crippen molar-refractivity contribution in [1.82, 2.24) is 9.88 Å². The van der Waals surface area contributed by atoms with Gasteiger partial charge in [0, 0.05) is 36.3 Å². The van der Waals surface area contributed by atoms with Gasteiger partial charge < -0.3 is 10.5 Å². The zero-order valence-corrected chi connectivity index (χ0v) is 12.9. The molecule has 0 spiro atoms. The molecule has 1 saturated heterocycles. The Morgan fingerprint density at radius 2 is 2.14 bits per heavy atom. The lowest BCUT2D eigenvalue weighted by molar-refractivity contribution is -0.120. The summed E-state index contributed by atoms with van der Waals surface area (Å²) in [5.74, 6) is 1.58. The Morgan fingerprint density at radius 3 is 2.71 bits per heavy atom. The van der Waals surface area contributed by atoms with Gasteiger partial charge in [0.05, 0.1) is 0 Å². The van der Waals surface area contributed by atoms with Crippen LogP contribution in [0, 0.1) is 24.7 Å². The molecule has 0 bridgehead atoms. The number of likely N-dealkylation sites (tertiary alicyclic amines) is 1. The van der Waals surface area contributed by atoms with Crippen LogP contribution in [0.4, 0.5) is 0 Å².